The number of benzene rings is 1. The highest BCUT2D eigenvalue weighted by atomic mass is 32.2. The van der Waals surface area contributed by atoms with Crippen LogP contribution in [0.5, 0.6) is 0 Å². The van der Waals surface area contributed by atoms with E-state index in [2.05, 4.69) is 30.7 Å². The molecule has 3 N–H and O–H groups in total. The lowest BCUT2D eigenvalue weighted by atomic mass is 10.1. The van der Waals surface area contributed by atoms with Crippen molar-refractivity contribution in [1.29, 1.82) is 0 Å². The molecule has 1 amide bonds. The molecule has 10 nitrogen and oxygen atoms in total. The van der Waals surface area contributed by atoms with E-state index in [0.717, 1.165) is 11.1 Å². The second kappa shape index (κ2) is 8.80. The summed E-state index contributed by atoms with van der Waals surface area (Å²) in [6, 6.07) is 8.30. The van der Waals surface area contributed by atoms with E-state index >= 15 is 0 Å². The molecule has 0 radical (unpaired) electrons. The second-order valence-corrected chi connectivity index (χ2v) is 7.99. The summed E-state index contributed by atoms with van der Waals surface area (Å²) in [4.78, 5) is 20.1. The number of carbonyl (C=O) groups is 1. The van der Waals surface area contributed by atoms with Gasteiger partial charge in [-0.25, -0.2) is 18.6 Å². The van der Waals surface area contributed by atoms with Gasteiger partial charge in [0.05, 0.1) is 4.90 Å². The molecular formula is C18H20N6O4S. The Bertz CT molecular complexity index is 1100. The number of nitrogens with one attached hydrogen (secondary N) is 3. The maximum absolute atomic E-state index is 12.3. The molecule has 2 heterocycles. The van der Waals surface area contributed by atoms with Crippen LogP contribution in [0.15, 0.2) is 52.1 Å². The zero-order valence-electron chi connectivity index (χ0n) is 15.8. The number of carbonyl (C=O) groups excluding carboxylic acids is 1. The number of hydrogen-bond acceptors (Lipinski definition) is 8. The summed E-state index contributed by atoms with van der Waals surface area (Å²) in [5, 5.41) is 3.79. The molecule has 3 rings (SSSR count). The minimum Gasteiger partial charge on any atom is -0.313 e. The lowest BCUT2D eigenvalue weighted by Crippen LogP contribution is -2.33. The first-order valence-corrected chi connectivity index (χ1v) is 10.2. The van der Waals surface area contributed by atoms with Gasteiger partial charge in [0.2, 0.25) is 21.8 Å². The fourth-order valence-corrected chi connectivity index (χ4v) is 3.46. The van der Waals surface area contributed by atoms with Gasteiger partial charge >= 0.3 is 6.01 Å². The van der Waals surface area contributed by atoms with E-state index < -0.39 is 15.9 Å². The van der Waals surface area contributed by atoms with Gasteiger partial charge in [0.15, 0.2) is 0 Å². The van der Waals surface area contributed by atoms with E-state index in [-0.39, 0.29) is 23.9 Å². The lowest BCUT2D eigenvalue weighted by molar-refractivity contribution is -0.120. The number of nitrogens with zero attached hydrogens (tertiary/aromatic N) is 3. The van der Waals surface area contributed by atoms with Crippen LogP contribution >= 0.6 is 0 Å². The van der Waals surface area contributed by atoms with Gasteiger partial charge in [0.25, 0.3) is 0 Å². The third-order valence-electron chi connectivity index (χ3n) is 4.11. The quantitative estimate of drug-likeness (QED) is 0.470. The highest BCUT2D eigenvalue weighted by molar-refractivity contribution is 7.89. The summed E-state index contributed by atoms with van der Waals surface area (Å²) in [7, 11) is -3.69. The molecule has 0 aliphatic carbocycles. The van der Waals surface area contributed by atoms with Gasteiger partial charge in [-0.1, -0.05) is 11.2 Å². The molecule has 29 heavy (non-hydrogen) atoms. The smallest absolute Gasteiger partial charge is 0.313 e. The number of sulfonamides is 1. The molecule has 11 heteroatoms. The Morgan fingerprint density at radius 2 is 1.86 bits per heavy atom. The zero-order chi connectivity index (χ0) is 20.9. The van der Waals surface area contributed by atoms with Crippen molar-refractivity contribution in [2.75, 3.05) is 12.0 Å². The number of hydrogen-bond donors (Lipinski definition) is 3. The predicted octanol–water partition coefficient (Wildman–Crippen LogP) is 1.56. The summed E-state index contributed by atoms with van der Waals surface area (Å²) in [5.41, 5.74) is 7.46. The molecule has 152 valence electrons. The predicted molar refractivity (Wildman–Crippen MR) is 105 cm³/mol. The monoisotopic (exact) mass is 416 g/mol. The number of hydrazine groups is 1. The SMILES string of the molecule is Cc1ccc(S(=O)(=O)NCCC(=O)NNc2nc(-c3ccncc3)no2)cc1C. The largest absolute Gasteiger partial charge is 0.340 e. The molecule has 3 aromatic rings. The second-order valence-electron chi connectivity index (χ2n) is 6.23. The minimum absolute atomic E-state index is 0.000809. The molecule has 0 fully saturated rings. The highest BCUT2D eigenvalue weighted by Crippen LogP contribution is 2.16. The van der Waals surface area contributed by atoms with Gasteiger partial charge in [-0.15, -0.1) is 0 Å². The van der Waals surface area contributed by atoms with Crippen molar-refractivity contribution in [2.45, 2.75) is 25.2 Å². The van der Waals surface area contributed by atoms with Crippen LogP contribution in [0.2, 0.25) is 0 Å². The number of pyridine rings is 1. The van der Waals surface area contributed by atoms with Gasteiger partial charge in [0, 0.05) is 30.9 Å². The first-order chi connectivity index (χ1) is 13.8. The standard InChI is InChI=1S/C18H20N6O4S/c1-12-3-4-15(11-13(12)2)29(26,27)20-10-7-16(25)22-23-18-21-17(24-28-18)14-5-8-19-9-6-14/h3-6,8-9,11,20H,7,10H2,1-2H3,(H,22,25)(H,21,23,24). The van der Waals surface area contributed by atoms with Crippen LogP contribution in [0, 0.1) is 13.8 Å². The minimum atomic E-state index is -3.69. The summed E-state index contributed by atoms with van der Waals surface area (Å²) in [6.45, 7) is 3.68. The Morgan fingerprint density at radius 1 is 1.10 bits per heavy atom. The maximum Gasteiger partial charge on any atom is 0.340 e. The van der Waals surface area contributed by atoms with Crippen LogP contribution in [-0.2, 0) is 14.8 Å². The molecule has 0 saturated heterocycles. The van der Waals surface area contributed by atoms with Crippen molar-refractivity contribution in [3.8, 4) is 11.4 Å². The average Bonchev–Trinajstić information content (AvgIpc) is 3.18. The summed E-state index contributed by atoms with van der Waals surface area (Å²) >= 11 is 0. The Hall–Kier alpha value is -3.31. The maximum atomic E-state index is 12.3. The summed E-state index contributed by atoms with van der Waals surface area (Å²) < 4.78 is 32.0. The van der Waals surface area contributed by atoms with Gasteiger partial charge in [-0.05, 0) is 49.2 Å². The van der Waals surface area contributed by atoms with Crippen molar-refractivity contribution >= 4 is 21.9 Å². The first-order valence-electron chi connectivity index (χ1n) is 8.71. The van der Waals surface area contributed by atoms with Crippen molar-refractivity contribution in [3.63, 3.8) is 0 Å². The normalized spacial score (nSPS) is 11.2. The molecule has 1 aromatic carbocycles. The lowest BCUT2D eigenvalue weighted by Gasteiger charge is -2.09. The topological polar surface area (TPSA) is 139 Å². The molecule has 0 bridgehead atoms. The van der Waals surface area contributed by atoms with Crippen LogP contribution in [-0.4, -0.2) is 36.0 Å². The van der Waals surface area contributed by atoms with E-state index in [1.165, 1.54) is 6.07 Å². The van der Waals surface area contributed by atoms with Crippen molar-refractivity contribution in [3.05, 3.63) is 53.9 Å². The van der Waals surface area contributed by atoms with Gasteiger partial charge in [-0.3, -0.25) is 15.2 Å². The first kappa shape index (κ1) is 20.4. The molecule has 0 atom stereocenters. The Morgan fingerprint density at radius 3 is 2.59 bits per heavy atom. The van der Waals surface area contributed by atoms with Crippen molar-refractivity contribution in [1.82, 2.24) is 25.3 Å². The number of anilines is 1. The van der Waals surface area contributed by atoms with Gasteiger partial charge in [0.1, 0.15) is 0 Å². The van der Waals surface area contributed by atoms with Crippen LogP contribution < -0.4 is 15.6 Å². The van der Waals surface area contributed by atoms with Crippen LogP contribution in [0.4, 0.5) is 6.01 Å². The number of amides is 1. The van der Waals surface area contributed by atoms with E-state index in [4.69, 9.17) is 4.52 Å². The van der Waals surface area contributed by atoms with E-state index in [9.17, 15) is 13.2 Å². The van der Waals surface area contributed by atoms with Gasteiger partial charge < -0.3 is 4.52 Å². The van der Waals surface area contributed by atoms with Crippen molar-refractivity contribution < 1.29 is 17.7 Å². The van der Waals surface area contributed by atoms with E-state index in [0.29, 0.717) is 11.4 Å². The average molecular weight is 416 g/mol. The Balaban J connectivity index is 1.47. The fraction of sp³-hybridized carbons (Fsp3) is 0.222. The van der Waals surface area contributed by atoms with Crippen LogP contribution in [0.1, 0.15) is 17.5 Å². The van der Waals surface area contributed by atoms with E-state index in [1.54, 1.807) is 36.7 Å². The summed E-state index contributed by atoms with van der Waals surface area (Å²) in [5.74, 6) is -0.109. The van der Waals surface area contributed by atoms with E-state index in [1.807, 2.05) is 13.8 Å². The molecular weight excluding hydrogens is 396 g/mol. The third kappa shape index (κ3) is 5.36. The van der Waals surface area contributed by atoms with Gasteiger partial charge in [-0.2, -0.15) is 4.98 Å². The molecule has 0 spiro atoms. The number of rotatable bonds is 8. The van der Waals surface area contributed by atoms with Crippen molar-refractivity contribution in [2.24, 2.45) is 0 Å². The molecule has 2 aromatic heterocycles. The zero-order valence-corrected chi connectivity index (χ0v) is 16.7. The summed E-state index contributed by atoms with van der Waals surface area (Å²) in [6.07, 6.45) is 3.11. The number of aromatic nitrogens is 3. The Labute approximate surface area is 167 Å². The highest BCUT2D eigenvalue weighted by Gasteiger charge is 2.15. The molecule has 0 aliphatic rings. The third-order valence-corrected chi connectivity index (χ3v) is 5.56. The molecule has 0 aliphatic heterocycles. The molecule has 0 saturated carbocycles. The Kier molecular flexibility index (Phi) is 6.20. The van der Waals surface area contributed by atoms with Crippen LogP contribution in [0.3, 0.4) is 0 Å². The fourth-order valence-electron chi connectivity index (χ4n) is 2.34. The molecule has 0 unspecified atom stereocenters. The van der Waals surface area contributed by atoms with Crippen LogP contribution in [0.25, 0.3) is 11.4 Å². The number of aryl methyl sites for hydroxylation is 2.